The van der Waals surface area contributed by atoms with Gasteiger partial charge in [-0.3, -0.25) is 4.79 Å². The molecule has 0 bridgehead atoms. The number of rotatable bonds is 4. The third-order valence-corrected chi connectivity index (χ3v) is 5.59. The summed E-state index contributed by atoms with van der Waals surface area (Å²) >= 11 is 1.19. The Morgan fingerprint density at radius 1 is 1.21 bits per heavy atom. The third-order valence-electron chi connectivity index (χ3n) is 5.05. The number of amides is 1. The Balaban J connectivity index is 1.44. The number of carbonyl (C=O) groups is 1. The maximum atomic E-state index is 12.2. The molecule has 28 heavy (non-hydrogen) atoms. The van der Waals surface area contributed by atoms with Crippen LogP contribution in [-0.2, 0) is 18.4 Å². The lowest BCUT2D eigenvalue weighted by molar-refractivity contribution is -0.116. The average molecular weight is 391 g/mol. The van der Waals surface area contributed by atoms with E-state index in [-0.39, 0.29) is 11.8 Å². The van der Waals surface area contributed by atoms with Gasteiger partial charge in [0.1, 0.15) is 29.2 Å². The highest BCUT2D eigenvalue weighted by molar-refractivity contribution is 7.00. The van der Waals surface area contributed by atoms with E-state index in [4.69, 9.17) is 4.74 Å². The molecule has 1 N–H and O–H groups in total. The zero-order chi connectivity index (χ0) is 19.1. The van der Waals surface area contributed by atoms with Crippen LogP contribution >= 0.6 is 11.7 Å². The number of aromatic nitrogens is 4. The molecule has 0 spiro atoms. The highest BCUT2D eigenvalue weighted by Gasteiger charge is 2.29. The van der Waals surface area contributed by atoms with E-state index < -0.39 is 0 Å². The van der Waals surface area contributed by atoms with E-state index in [9.17, 15) is 4.79 Å². The van der Waals surface area contributed by atoms with E-state index in [1.165, 1.54) is 11.7 Å². The van der Waals surface area contributed by atoms with Crippen molar-refractivity contribution in [2.45, 2.75) is 18.9 Å². The molecule has 1 amide bonds. The summed E-state index contributed by atoms with van der Waals surface area (Å²) in [5, 5.41) is 2.96. The smallest absolute Gasteiger partial charge is 0.225 e. The second-order valence-electron chi connectivity index (χ2n) is 6.78. The number of ether oxygens (including phenoxy) is 1. The number of hydrogen-bond acceptors (Lipinski definition) is 6. The Kier molecular flexibility index (Phi) is 4.05. The van der Waals surface area contributed by atoms with Gasteiger partial charge in [0.05, 0.1) is 11.7 Å². The molecule has 1 atom stereocenters. The fraction of sp³-hybridized carbons (Fsp3) is 0.200. The Morgan fingerprint density at radius 2 is 2.07 bits per heavy atom. The van der Waals surface area contributed by atoms with E-state index in [0.29, 0.717) is 13.0 Å². The van der Waals surface area contributed by atoms with Gasteiger partial charge in [0.2, 0.25) is 5.91 Å². The molecular weight excluding hydrogens is 374 g/mol. The normalized spacial score (nSPS) is 16.0. The van der Waals surface area contributed by atoms with Crippen LogP contribution in [0, 0.1) is 0 Å². The number of fused-ring (bicyclic) bond motifs is 3. The Bertz CT molecular complexity index is 1170. The molecule has 1 unspecified atom stereocenters. The lowest BCUT2D eigenvalue weighted by Gasteiger charge is -2.26. The second kappa shape index (κ2) is 6.72. The van der Waals surface area contributed by atoms with Crippen molar-refractivity contribution in [1.29, 1.82) is 0 Å². The molecule has 8 heteroatoms. The van der Waals surface area contributed by atoms with E-state index >= 15 is 0 Å². The molecule has 7 nitrogen and oxygen atoms in total. The molecule has 5 rings (SSSR count). The lowest BCUT2D eigenvalue weighted by Crippen LogP contribution is -2.23. The number of imidazole rings is 1. The molecule has 140 valence electrons. The number of aryl methyl sites for hydroxylation is 1. The maximum Gasteiger partial charge on any atom is 0.225 e. The number of nitrogens with one attached hydrogen (secondary N) is 1. The number of nitrogens with zero attached hydrogens (tertiary/aromatic N) is 4. The van der Waals surface area contributed by atoms with E-state index in [1.54, 1.807) is 6.20 Å². The molecular formula is C20H17N5O2S. The molecule has 4 aromatic rings. The molecule has 3 heterocycles. The van der Waals surface area contributed by atoms with Crippen LogP contribution in [0.3, 0.4) is 0 Å². The Morgan fingerprint density at radius 3 is 2.86 bits per heavy atom. The Hall–Kier alpha value is -3.26. The van der Waals surface area contributed by atoms with Gasteiger partial charge in [0.25, 0.3) is 0 Å². The molecule has 1 aliphatic rings. The first-order chi connectivity index (χ1) is 13.7. The van der Waals surface area contributed by atoms with Crippen LogP contribution in [0.15, 0.2) is 48.8 Å². The largest absolute Gasteiger partial charge is 0.486 e. The van der Waals surface area contributed by atoms with Crippen molar-refractivity contribution in [2.75, 3.05) is 5.32 Å². The molecule has 2 aromatic carbocycles. The first kappa shape index (κ1) is 16.9. The van der Waals surface area contributed by atoms with Crippen molar-refractivity contribution in [1.82, 2.24) is 18.3 Å². The number of hydrogen-bond donors (Lipinski definition) is 1. The first-order valence-corrected chi connectivity index (χ1v) is 9.66. The van der Waals surface area contributed by atoms with Gasteiger partial charge < -0.3 is 14.6 Å². The van der Waals surface area contributed by atoms with Crippen molar-refractivity contribution in [2.24, 2.45) is 7.05 Å². The van der Waals surface area contributed by atoms with E-state index in [0.717, 1.165) is 39.4 Å². The van der Waals surface area contributed by atoms with Crippen LogP contribution in [0.2, 0.25) is 0 Å². The molecule has 0 radical (unpaired) electrons. The van der Waals surface area contributed by atoms with Crippen LogP contribution in [0.5, 0.6) is 5.75 Å². The van der Waals surface area contributed by atoms with Gasteiger partial charge in [-0.15, -0.1) is 0 Å². The number of carbonyl (C=O) groups excluding carboxylic acids is 1. The standard InChI is InChI=1S/C20H17N5O2S/c1-25-9-8-21-17(25)11-27-13-4-2-12(3-5-13)14-10-18(26)22-15-6-7-16-20(19(14)15)24-28-23-16/h2-9,14H,10-11H2,1H3,(H,22,26). The molecule has 0 aliphatic carbocycles. The van der Waals surface area contributed by atoms with Gasteiger partial charge >= 0.3 is 0 Å². The van der Waals surface area contributed by atoms with Gasteiger partial charge in [-0.05, 0) is 29.8 Å². The zero-order valence-electron chi connectivity index (χ0n) is 15.1. The zero-order valence-corrected chi connectivity index (χ0v) is 15.9. The summed E-state index contributed by atoms with van der Waals surface area (Å²) in [7, 11) is 1.94. The molecule has 0 saturated carbocycles. The summed E-state index contributed by atoms with van der Waals surface area (Å²) < 4.78 is 16.6. The van der Waals surface area contributed by atoms with Crippen molar-refractivity contribution in [3.05, 3.63) is 65.7 Å². The summed E-state index contributed by atoms with van der Waals surface area (Å²) in [6.07, 6.45) is 4.03. The average Bonchev–Trinajstić information content (AvgIpc) is 3.34. The fourth-order valence-electron chi connectivity index (χ4n) is 3.59. The van der Waals surface area contributed by atoms with E-state index in [1.807, 2.05) is 54.2 Å². The minimum Gasteiger partial charge on any atom is -0.486 e. The van der Waals surface area contributed by atoms with Crippen molar-refractivity contribution in [3.8, 4) is 5.75 Å². The maximum absolute atomic E-state index is 12.2. The summed E-state index contributed by atoms with van der Waals surface area (Å²) in [5.41, 5.74) is 4.63. The van der Waals surface area contributed by atoms with Crippen molar-refractivity contribution in [3.63, 3.8) is 0 Å². The van der Waals surface area contributed by atoms with Gasteiger partial charge in [-0.25, -0.2) is 4.98 Å². The van der Waals surface area contributed by atoms with E-state index in [2.05, 4.69) is 19.0 Å². The van der Waals surface area contributed by atoms with Crippen LogP contribution in [-0.4, -0.2) is 24.2 Å². The van der Waals surface area contributed by atoms with Crippen LogP contribution in [0.1, 0.15) is 29.3 Å². The third kappa shape index (κ3) is 2.91. The first-order valence-electron chi connectivity index (χ1n) is 8.93. The predicted octanol–water partition coefficient (Wildman–Crippen LogP) is 3.48. The van der Waals surface area contributed by atoms with Gasteiger partial charge in [0, 0.05) is 43.0 Å². The highest BCUT2D eigenvalue weighted by Crippen LogP contribution is 2.41. The topological polar surface area (TPSA) is 81.9 Å². The number of anilines is 1. The SMILES string of the molecule is Cn1ccnc1COc1ccc(C2CC(=O)Nc3ccc4nsnc4c32)cc1. The summed E-state index contributed by atoms with van der Waals surface area (Å²) in [4.78, 5) is 16.5. The fourth-order valence-corrected chi connectivity index (χ4v) is 4.14. The summed E-state index contributed by atoms with van der Waals surface area (Å²) in [5.74, 6) is 1.58. The predicted molar refractivity (Wildman–Crippen MR) is 106 cm³/mol. The Labute approximate surface area is 165 Å². The lowest BCUT2D eigenvalue weighted by atomic mass is 9.84. The summed E-state index contributed by atoms with van der Waals surface area (Å²) in [6.45, 7) is 0.405. The van der Waals surface area contributed by atoms with Crippen LogP contribution < -0.4 is 10.1 Å². The molecule has 0 fully saturated rings. The van der Waals surface area contributed by atoms with Gasteiger partial charge in [0.15, 0.2) is 0 Å². The monoisotopic (exact) mass is 391 g/mol. The van der Waals surface area contributed by atoms with Gasteiger partial charge in [-0.1, -0.05) is 12.1 Å². The van der Waals surface area contributed by atoms with Gasteiger partial charge in [-0.2, -0.15) is 8.75 Å². The highest BCUT2D eigenvalue weighted by atomic mass is 32.1. The van der Waals surface area contributed by atoms with Crippen LogP contribution in [0.25, 0.3) is 11.0 Å². The second-order valence-corrected chi connectivity index (χ2v) is 7.30. The summed E-state index contributed by atoms with van der Waals surface area (Å²) in [6, 6.07) is 11.7. The number of benzene rings is 2. The van der Waals surface area contributed by atoms with Crippen molar-refractivity contribution < 1.29 is 9.53 Å². The van der Waals surface area contributed by atoms with Crippen LogP contribution in [0.4, 0.5) is 5.69 Å². The molecule has 2 aromatic heterocycles. The minimum absolute atomic E-state index is 0.00940. The minimum atomic E-state index is -0.0556. The molecule has 1 aliphatic heterocycles. The molecule has 0 saturated heterocycles. The van der Waals surface area contributed by atoms with Crippen molar-refractivity contribution >= 4 is 34.4 Å². The quantitative estimate of drug-likeness (QED) is 0.576.